The van der Waals surface area contributed by atoms with Gasteiger partial charge in [-0.05, 0) is 46.1 Å². The van der Waals surface area contributed by atoms with Gasteiger partial charge in [-0.15, -0.1) is 0 Å². The van der Waals surface area contributed by atoms with Crippen molar-refractivity contribution in [3.63, 3.8) is 0 Å². The van der Waals surface area contributed by atoms with Gasteiger partial charge in [0.25, 0.3) is 0 Å². The number of nitrogens with zero attached hydrogens (tertiary/aromatic N) is 1. The number of esters is 1. The number of hydrogen-bond acceptors (Lipinski definition) is 6. The Morgan fingerprint density at radius 3 is 2.59 bits per heavy atom. The molecule has 2 bridgehead atoms. The lowest BCUT2D eigenvalue weighted by atomic mass is 9.70. The molecule has 8 heteroatoms. The molecule has 0 unspecified atom stereocenters. The van der Waals surface area contributed by atoms with E-state index >= 15 is 0 Å². The van der Waals surface area contributed by atoms with E-state index in [0.29, 0.717) is 12.8 Å². The molecule has 3 aliphatic heterocycles. The molecule has 3 fully saturated rings. The van der Waals surface area contributed by atoms with Gasteiger partial charge in [0.05, 0.1) is 37.2 Å². The third kappa shape index (κ3) is 3.49. The number of ether oxygens (including phenoxy) is 2. The zero-order chi connectivity index (χ0) is 23.3. The third-order valence-corrected chi connectivity index (χ3v) is 6.74. The quantitative estimate of drug-likeness (QED) is 0.646. The first-order chi connectivity index (χ1) is 15.1. The summed E-state index contributed by atoms with van der Waals surface area (Å²) in [6, 6.07) is 7.45. The third-order valence-electron chi connectivity index (χ3n) is 6.74. The van der Waals surface area contributed by atoms with E-state index in [9.17, 15) is 19.5 Å². The minimum atomic E-state index is -1.11. The Kier molecular flexibility index (Phi) is 5.79. The molecular formula is C24H32N2O6. The second-order valence-corrected chi connectivity index (χ2v) is 9.90. The molecule has 0 aliphatic carbocycles. The number of aliphatic hydroxyl groups excluding tert-OH is 1. The number of fused-ring (bicyclic) bond motifs is 1. The second kappa shape index (κ2) is 8.15. The fourth-order valence-electron chi connectivity index (χ4n) is 5.70. The van der Waals surface area contributed by atoms with Gasteiger partial charge in [0, 0.05) is 5.54 Å². The van der Waals surface area contributed by atoms with Crippen LogP contribution in [0.15, 0.2) is 30.3 Å². The van der Waals surface area contributed by atoms with Gasteiger partial charge in [-0.1, -0.05) is 30.3 Å². The first kappa shape index (κ1) is 22.7. The molecule has 0 radical (unpaired) electrons. The maximum absolute atomic E-state index is 13.9. The lowest BCUT2D eigenvalue weighted by Gasteiger charge is -2.38. The molecule has 3 aliphatic rings. The number of benzene rings is 1. The molecule has 32 heavy (non-hydrogen) atoms. The zero-order valence-corrected chi connectivity index (χ0v) is 19.0. The lowest BCUT2D eigenvalue weighted by Crippen LogP contribution is -2.59. The first-order valence-corrected chi connectivity index (χ1v) is 11.3. The second-order valence-electron chi connectivity index (χ2n) is 9.90. The minimum absolute atomic E-state index is 0.205. The molecule has 0 aromatic heterocycles. The average molecular weight is 445 g/mol. The molecule has 8 nitrogen and oxygen atoms in total. The lowest BCUT2D eigenvalue weighted by molar-refractivity contribution is -0.155. The normalized spacial score (nSPS) is 32.0. The SMILES string of the molecule is CCOC(=O)[C@@H]1[C@H]2C(=O)N([C@H](CO)c3ccccc3)[C@H](C(=O)NC(C)(C)C)[C@]23CC[C@H]1O3. The number of amides is 2. The summed E-state index contributed by atoms with van der Waals surface area (Å²) in [5.41, 5.74) is -0.925. The van der Waals surface area contributed by atoms with Crippen LogP contribution in [0, 0.1) is 11.8 Å². The molecule has 1 spiro atoms. The van der Waals surface area contributed by atoms with Gasteiger partial charge in [-0.25, -0.2) is 0 Å². The van der Waals surface area contributed by atoms with E-state index in [2.05, 4.69) is 5.32 Å². The Labute approximate surface area is 188 Å². The Hall–Kier alpha value is -2.45. The number of likely N-dealkylation sites (tertiary alicyclic amines) is 1. The summed E-state index contributed by atoms with van der Waals surface area (Å²) in [5.74, 6) is -2.71. The van der Waals surface area contributed by atoms with Gasteiger partial charge in [0.1, 0.15) is 11.6 Å². The number of rotatable bonds is 6. The topological polar surface area (TPSA) is 105 Å². The van der Waals surface area contributed by atoms with Crippen LogP contribution in [-0.4, -0.2) is 64.3 Å². The summed E-state index contributed by atoms with van der Waals surface area (Å²) in [6.45, 7) is 7.19. The van der Waals surface area contributed by atoms with Gasteiger partial charge >= 0.3 is 5.97 Å². The van der Waals surface area contributed by atoms with Gasteiger partial charge < -0.3 is 24.8 Å². The van der Waals surface area contributed by atoms with Crippen LogP contribution in [0.1, 0.15) is 52.1 Å². The maximum Gasteiger partial charge on any atom is 0.312 e. The smallest absolute Gasteiger partial charge is 0.312 e. The van der Waals surface area contributed by atoms with Gasteiger partial charge in [-0.2, -0.15) is 0 Å². The van der Waals surface area contributed by atoms with E-state index < -0.39 is 47.1 Å². The van der Waals surface area contributed by atoms with Crippen LogP contribution >= 0.6 is 0 Å². The van der Waals surface area contributed by atoms with Gasteiger partial charge in [0.15, 0.2) is 0 Å². The van der Waals surface area contributed by atoms with Crippen LogP contribution in [0.25, 0.3) is 0 Å². The van der Waals surface area contributed by atoms with Gasteiger partial charge in [-0.3, -0.25) is 14.4 Å². The first-order valence-electron chi connectivity index (χ1n) is 11.3. The van der Waals surface area contributed by atoms with Crippen LogP contribution in [0.3, 0.4) is 0 Å². The fourth-order valence-corrected chi connectivity index (χ4v) is 5.70. The van der Waals surface area contributed by atoms with Crippen LogP contribution < -0.4 is 5.32 Å². The van der Waals surface area contributed by atoms with E-state index in [-0.39, 0.29) is 25.0 Å². The molecular weight excluding hydrogens is 412 g/mol. The highest BCUT2D eigenvalue weighted by atomic mass is 16.6. The number of hydrogen-bond donors (Lipinski definition) is 2. The van der Waals surface area contributed by atoms with Crippen LogP contribution in [0.5, 0.6) is 0 Å². The largest absolute Gasteiger partial charge is 0.466 e. The summed E-state index contributed by atoms with van der Waals surface area (Å²) < 4.78 is 11.6. The highest BCUT2D eigenvalue weighted by Crippen LogP contribution is 2.59. The van der Waals surface area contributed by atoms with Crippen molar-refractivity contribution in [3.8, 4) is 0 Å². The molecule has 4 rings (SSSR count). The maximum atomic E-state index is 13.9. The highest BCUT2D eigenvalue weighted by molar-refractivity contribution is 5.98. The summed E-state index contributed by atoms with van der Waals surface area (Å²) in [6.07, 6.45) is 0.630. The Balaban J connectivity index is 1.81. The number of nitrogens with one attached hydrogen (secondary N) is 1. The Morgan fingerprint density at radius 2 is 2.00 bits per heavy atom. The van der Waals surface area contributed by atoms with Crippen molar-refractivity contribution in [2.45, 2.75) is 69.9 Å². The molecule has 2 amide bonds. The molecule has 174 valence electrons. The number of carbonyl (C=O) groups excluding carboxylic acids is 3. The number of carbonyl (C=O) groups is 3. The van der Waals surface area contributed by atoms with Gasteiger partial charge in [0.2, 0.25) is 11.8 Å². The van der Waals surface area contributed by atoms with Crippen LogP contribution in [-0.2, 0) is 23.9 Å². The fraction of sp³-hybridized carbons (Fsp3) is 0.625. The standard InChI is InChI=1S/C24H32N2O6/c1-5-31-22(30)17-16-11-12-24(32-16)18(17)21(29)26(19(24)20(28)25-23(2,3)4)15(13-27)14-9-7-6-8-10-14/h6-10,15-19,27H,5,11-13H2,1-4H3,(H,25,28)/t15-,16-,17+,18+,19-,24+/m1/s1. The molecule has 3 heterocycles. The monoisotopic (exact) mass is 444 g/mol. The molecule has 1 aromatic rings. The van der Waals surface area contributed by atoms with Crippen molar-refractivity contribution in [2.75, 3.05) is 13.2 Å². The van der Waals surface area contributed by atoms with Crippen molar-refractivity contribution in [2.24, 2.45) is 11.8 Å². The van der Waals surface area contributed by atoms with E-state index in [0.717, 1.165) is 5.56 Å². The van der Waals surface area contributed by atoms with Crippen LogP contribution in [0.4, 0.5) is 0 Å². The predicted molar refractivity (Wildman–Crippen MR) is 115 cm³/mol. The van der Waals surface area contributed by atoms with Crippen LogP contribution in [0.2, 0.25) is 0 Å². The van der Waals surface area contributed by atoms with E-state index in [1.54, 1.807) is 6.92 Å². The van der Waals surface area contributed by atoms with Crippen molar-refractivity contribution in [1.29, 1.82) is 0 Å². The van der Waals surface area contributed by atoms with Crippen molar-refractivity contribution in [1.82, 2.24) is 10.2 Å². The molecule has 0 saturated carbocycles. The van der Waals surface area contributed by atoms with E-state index in [1.165, 1.54) is 4.90 Å². The average Bonchev–Trinajstić information content (AvgIpc) is 3.36. The molecule has 6 atom stereocenters. The van der Waals surface area contributed by atoms with E-state index in [4.69, 9.17) is 9.47 Å². The molecule has 2 N–H and O–H groups in total. The highest BCUT2D eigenvalue weighted by Gasteiger charge is 2.75. The summed E-state index contributed by atoms with van der Waals surface area (Å²) in [5, 5.41) is 13.3. The summed E-state index contributed by atoms with van der Waals surface area (Å²) in [4.78, 5) is 41.8. The summed E-state index contributed by atoms with van der Waals surface area (Å²) in [7, 11) is 0. The zero-order valence-electron chi connectivity index (χ0n) is 19.0. The van der Waals surface area contributed by atoms with Crippen molar-refractivity contribution in [3.05, 3.63) is 35.9 Å². The molecule has 1 aromatic carbocycles. The predicted octanol–water partition coefficient (Wildman–Crippen LogP) is 1.57. The van der Waals surface area contributed by atoms with Crippen molar-refractivity contribution < 1.29 is 29.0 Å². The summed E-state index contributed by atoms with van der Waals surface area (Å²) >= 11 is 0. The van der Waals surface area contributed by atoms with E-state index in [1.807, 2.05) is 51.1 Å². The Bertz CT molecular complexity index is 898. The van der Waals surface area contributed by atoms with Crippen molar-refractivity contribution >= 4 is 17.8 Å². The number of aliphatic hydroxyl groups is 1. The minimum Gasteiger partial charge on any atom is -0.466 e. The molecule has 3 saturated heterocycles. The Morgan fingerprint density at radius 1 is 1.31 bits per heavy atom.